The van der Waals surface area contributed by atoms with Crippen LogP contribution in [0.2, 0.25) is 0 Å². The average Bonchev–Trinajstić information content (AvgIpc) is 2.65. The molecule has 6 nitrogen and oxygen atoms in total. The summed E-state index contributed by atoms with van der Waals surface area (Å²) in [5.41, 5.74) is 5.37. The predicted molar refractivity (Wildman–Crippen MR) is 88.8 cm³/mol. The molecule has 0 aromatic heterocycles. The summed E-state index contributed by atoms with van der Waals surface area (Å²) in [7, 11) is 0. The Kier molecular flexibility index (Phi) is 5.56. The number of amides is 2. The van der Waals surface area contributed by atoms with Gasteiger partial charge in [0.25, 0.3) is 5.91 Å². The molecule has 0 saturated heterocycles. The third-order valence-corrected chi connectivity index (χ3v) is 4.62. The van der Waals surface area contributed by atoms with Crippen molar-refractivity contribution in [3.63, 3.8) is 0 Å². The zero-order valence-electron chi connectivity index (χ0n) is 13.8. The lowest BCUT2D eigenvalue weighted by atomic mass is 9.86. The molecule has 0 unspecified atom stereocenters. The monoisotopic (exact) mass is 332 g/mol. The lowest BCUT2D eigenvalue weighted by molar-refractivity contribution is -0.122. The van der Waals surface area contributed by atoms with Crippen LogP contribution in [-0.4, -0.2) is 25.0 Å². The molecule has 1 aliphatic carbocycles. The number of benzene rings is 1. The normalized spacial score (nSPS) is 17.2. The van der Waals surface area contributed by atoms with Crippen molar-refractivity contribution < 1.29 is 19.1 Å². The summed E-state index contributed by atoms with van der Waals surface area (Å²) in [6, 6.07) is 4.98. The number of hydrogen-bond donors (Lipinski definition) is 2. The molecule has 2 aliphatic rings. The van der Waals surface area contributed by atoms with Crippen molar-refractivity contribution in [1.82, 2.24) is 10.9 Å². The first-order valence-corrected chi connectivity index (χ1v) is 8.71. The van der Waals surface area contributed by atoms with Crippen molar-refractivity contribution in [3.05, 3.63) is 23.8 Å². The Bertz CT molecular complexity index is 597. The van der Waals surface area contributed by atoms with E-state index >= 15 is 0 Å². The molecular formula is C18H24N2O4. The molecule has 24 heavy (non-hydrogen) atoms. The summed E-state index contributed by atoms with van der Waals surface area (Å²) in [5, 5.41) is 0. The van der Waals surface area contributed by atoms with Gasteiger partial charge in [0.05, 0.1) is 0 Å². The van der Waals surface area contributed by atoms with Crippen LogP contribution in [-0.2, 0) is 4.79 Å². The number of carbonyl (C=O) groups is 2. The maximum Gasteiger partial charge on any atom is 0.269 e. The number of nitrogens with one attached hydrogen (secondary N) is 2. The zero-order valence-corrected chi connectivity index (χ0v) is 13.8. The number of carbonyl (C=O) groups excluding carboxylic acids is 2. The minimum Gasteiger partial charge on any atom is -0.486 e. The van der Waals surface area contributed by atoms with Crippen molar-refractivity contribution >= 4 is 11.8 Å². The molecule has 0 spiro atoms. The molecule has 130 valence electrons. The van der Waals surface area contributed by atoms with Gasteiger partial charge in [0.2, 0.25) is 5.91 Å². The summed E-state index contributed by atoms with van der Waals surface area (Å²) in [6.07, 6.45) is 7.64. The molecule has 0 atom stereocenters. The van der Waals surface area contributed by atoms with E-state index in [4.69, 9.17) is 9.47 Å². The van der Waals surface area contributed by atoms with E-state index in [1.165, 1.54) is 32.1 Å². The van der Waals surface area contributed by atoms with Gasteiger partial charge in [-0.2, -0.15) is 0 Å². The summed E-state index contributed by atoms with van der Waals surface area (Å²) < 4.78 is 10.9. The Morgan fingerprint density at radius 2 is 1.75 bits per heavy atom. The molecule has 1 fully saturated rings. The topological polar surface area (TPSA) is 76.7 Å². The van der Waals surface area contributed by atoms with Gasteiger partial charge in [-0.1, -0.05) is 32.1 Å². The summed E-state index contributed by atoms with van der Waals surface area (Å²) in [5.74, 6) is 1.33. The van der Waals surface area contributed by atoms with E-state index in [0.29, 0.717) is 42.6 Å². The second-order valence-electron chi connectivity index (χ2n) is 6.40. The van der Waals surface area contributed by atoms with Crippen molar-refractivity contribution in [1.29, 1.82) is 0 Å². The van der Waals surface area contributed by atoms with E-state index in [2.05, 4.69) is 10.9 Å². The van der Waals surface area contributed by atoms with Gasteiger partial charge in [-0.15, -0.1) is 0 Å². The highest BCUT2D eigenvalue weighted by Gasteiger charge is 2.17. The van der Waals surface area contributed by atoms with Crippen LogP contribution in [0.4, 0.5) is 0 Å². The van der Waals surface area contributed by atoms with Crippen LogP contribution >= 0.6 is 0 Å². The lowest BCUT2D eigenvalue weighted by Crippen LogP contribution is -2.41. The molecule has 1 heterocycles. The summed E-state index contributed by atoms with van der Waals surface area (Å²) in [4.78, 5) is 24.0. The van der Waals surface area contributed by atoms with Crippen LogP contribution in [0.5, 0.6) is 11.5 Å². The first-order chi connectivity index (χ1) is 11.7. The van der Waals surface area contributed by atoms with Crippen LogP contribution in [0.25, 0.3) is 0 Å². The number of rotatable bonds is 4. The predicted octanol–water partition coefficient (Wildman–Crippen LogP) is 2.58. The maximum absolute atomic E-state index is 12.1. The van der Waals surface area contributed by atoms with Gasteiger partial charge in [-0.05, 0) is 30.5 Å². The van der Waals surface area contributed by atoms with Crippen LogP contribution in [0.3, 0.4) is 0 Å². The fourth-order valence-corrected chi connectivity index (χ4v) is 3.26. The SMILES string of the molecule is O=C(CCC1CCCCC1)NNC(=O)c1ccc2c(c1)OCCO2. The van der Waals surface area contributed by atoms with Crippen molar-refractivity contribution in [2.45, 2.75) is 44.9 Å². The molecule has 6 heteroatoms. The van der Waals surface area contributed by atoms with Crippen molar-refractivity contribution in [2.75, 3.05) is 13.2 Å². The average molecular weight is 332 g/mol. The van der Waals surface area contributed by atoms with Crippen LogP contribution in [0.1, 0.15) is 55.3 Å². The smallest absolute Gasteiger partial charge is 0.269 e. The first kappa shape index (κ1) is 16.6. The molecule has 1 saturated carbocycles. The molecule has 2 N–H and O–H groups in total. The largest absolute Gasteiger partial charge is 0.486 e. The van der Waals surface area contributed by atoms with Gasteiger partial charge in [0.1, 0.15) is 13.2 Å². The number of ether oxygens (including phenoxy) is 2. The molecule has 0 bridgehead atoms. The molecule has 1 aliphatic heterocycles. The number of hydrazine groups is 1. The van der Waals surface area contributed by atoms with E-state index in [-0.39, 0.29) is 11.8 Å². The third-order valence-electron chi connectivity index (χ3n) is 4.62. The molecule has 1 aromatic carbocycles. The minimum atomic E-state index is -0.363. The Morgan fingerprint density at radius 3 is 2.54 bits per heavy atom. The second kappa shape index (κ2) is 8.04. The van der Waals surface area contributed by atoms with Gasteiger partial charge >= 0.3 is 0 Å². The van der Waals surface area contributed by atoms with E-state index in [9.17, 15) is 9.59 Å². The van der Waals surface area contributed by atoms with E-state index < -0.39 is 0 Å². The fourth-order valence-electron chi connectivity index (χ4n) is 3.26. The van der Waals surface area contributed by atoms with E-state index in [0.717, 1.165) is 6.42 Å². The number of hydrogen-bond acceptors (Lipinski definition) is 4. The molecule has 0 radical (unpaired) electrons. The summed E-state index contributed by atoms with van der Waals surface area (Å²) in [6.45, 7) is 0.978. The maximum atomic E-state index is 12.1. The third kappa shape index (κ3) is 4.40. The quantitative estimate of drug-likeness (QED) is 0.831. The molecule has 3 rings (SSSR count). The Balaban J connectivity index is 1.43. The van der Waals surface area contributed by atoms with Crippen LogP contribution < -0.4 is 20.3 Å². The second-order valence-corrected chi connectivity index (χ2v) is 6.40. The van der Waals surface area contributed by atoms with Gasteiger partial charge < -0.3 is 9.47 Å². The zero-order chi connectivity index (χ0) is 16.8. The van der Waals surface area contributed by atoms with Gasteiger partial charge in [-0.25, -0.2) is 0 Å². The van der Waals surface area contributed by atoms with Crippen molar-refractivity contribution in [3.8, 4) is 11.5 Å². The van der Waals surface area contributed by atoms with Crippen LogP contribution in [0.15, 0.2) is 18.2 Å². The summed E-state index contributed by atoms with van der Waals surface area (Å²) >= 11 is 0. The van der Waals surface area contributed by atoms with Gasteiger partial charge in [0.15, 0.2) is 11.5 Å². The highest BCUT2D eigenvalue weighted by atomic mass is 16.6. The Morgan fingerprint density at radius 1 is 1.00 bits per heavy atom. The van der Waals surface area contributed by atoms with E-state index in [1.807, 2.05) is 0 Å². The van der Waals surface area contributed by atoms with E-state index in [1.54, 1.807) is 18.2 Å². The Labute approximate surface area is 141 Å². The molecular weight excluding hydrogens is 308 g/mol. The fraction of sp³-hybridized carbons (Fsp3) is 0.556. The highest BCUT2D eigenvalue weighted by molar-refractivity contribution is 5.96. The first-order valence-electron chi connectivity index (χ1n) is 8.71. The van der Waals surface area contributed by atoms with Crippen LogP contribution in [0, 0.1) is 5.92 Å². The lowest BCUT2D eigenvalue weighted by Gasteiger charge is -2.21. The van der Waals surface area contributed by atoms with Crippen molar-refractivity contribution in [2.24, 2.45) is 5.92 Å². The molecule has 1 aromatic rings. The standard InChI is InChI=1S/C18H24N2O4/c21-17(9-6-13-4-2-1-3-5-13)19-20-18(22)14-7-8-15-16(12-14)24-11-10-23-15/h7-8,12-13H,1-6,9-11H2,(H,19,21)(H,20,22). The Hall–Kier alpha value is -2.24. The molecule has 2 amide bonds. The van der Waals surface area contributed by atoms with Gasteiger partial charge in [-0.3, -0.25) is 20.4 Å². The highest BCUT2D eigenvalue weighted by Crippen LogP contribution is 2.30. The van der Waals surface area contributed by atoms with Gasteiger partial charge in [0, 0.05) is 12.0 Å². The minimum absolute atomic E-state index is 0.147. The number of fused-ring (bicyclic) bond motifs is 1.